The van der Waals surface area contributed by atoms with E-state index in [-0.39, 0.29) is 0 Å². The summed E-state index contributed by atoms with van der Waals surface area (Å²) in [4.78, 5) is 19.8. The quantitative estimate of drug-likeness (QED) is 0.715. The summed E-state index contributed by atoms with van der Waals surface area (Å²) in [5.41, 5.74) is 1.23. The van der Waals surface area contributed by atoms with Gasteiger partial charge in [0.1, 0.15) is 0 Å². The SMILES string of the molecule is COc1ccc(CN2CCN(CC(=O)N3CC[C@@H]4CCCC[C@H]4C3)CC2)cc1OC. The number of methoxy groups -OCH3 is 2. The van der Waals surface area contributed by atoms with Gasteiger partial charge in [-0.05, 0) is 42.4 Å². The van der Waals surface area contributed by atoms with Gasteiger partial charge in [0.15, 0.2) is 11.5 Å². The van der Waals surface area contributed by atoms with Gasteiger partial charge in [0.05, 0.1) is 20.8 Å². The third-order valence-electron chi connectivity index (χ3n) is 7.32. The van der Waals surface area contributed by atoms with Crippen molar-refractivity contribution in [2.75, 3.05) is 60.0 Å². The van der Waals surface area contributed by atoms with Crippen LogP contribution in [0, 0.1) is 11.8 Å². The zero-order valence-corrected chi connectivity index (χ0v) is 18.6. The third-order valence-corrected chi connectivity index (χ3v) is 7.32. The minimum absolute atomic E-state index is 0.340. The minimum atomic E-state index is 0.340. The van der Waals surface area contributed by atoms with Gasteiger partial charge < -0.3 is 14.4 Å². The molecule has 1 saturated carbocycles. The maximum atomic E-state index is 12.9. The van der Waals surface area contributed by atoms with Crippen LogP contribution in [0.3, 0.4) is 0 Å². The van der Waals surface area contributed by atoms with Gasteiger partial charge in [-0.25, -0.2) is 0 Å². The Labute approximate surface area is 181 Å². The number of piperidine rings is 1. The van der Waals surface area contributed by atoms with Crippen molar-refractivity contribution in [1.29, 1.82) is 0 Å². The number of hydrogen-bond donors (Lipinski definition) is 0. The summed E-state index contributed by atoms with van der Waals surface area (Å²) >= 11 is 0. The van der Waals surface area contributed by atoms with Crippen LogP contribution >= 0.6 is 0 Å². The van der Waals surface area contributed by atoms with E-state index in [1.807, 2.05) is 6.07 Å². The standard InChI is InChI=1S/C24H37N3O3/c1-29-22-8-7-19(15-23(22)30-2)16-25-11-13-26(14-12-25)18-24(28)27-10-9-20-5-3-4-6-21(20)17-27/h7-8,15,20-21H,3-6,9-14,16-18H2,1-2H3/t20-,21-/m0/s1. The van der Waals surface area contributed by atoms with E-state index in [1.165, 1.54) is 37.7 Å². The highest BCUT2D eigenvalue weighted by Gasteiger charge is 2.33. The molecule has 0 spiro atoms. The Morgan fingerprint density at radius 2 is 1.60 bits per heavy atom. The molecule has 3 fully saturated rings. The van der Waals surface area contributed by atoms with Crippen LogP contribution in [0.15, 0.2) is 18.2 Å². The zero-order valence-electron chi connectivity index (χ0n) is 18.6. The second-order valence-corrected chi connectivity index (χ2v) is 9.17. The number of nitrogens with zero attached hydrogens (tertiary/aromatic N) is 3. The molecular weight excluding hydrogens is 378 g/mol. The average Bonchev–Trinajstić information content (AvgIpc) is 2.80. The Morgan fingerprint density at radius 1 is 0.900 bits per heavy atom. The maximum absolute atomic E-state index is 12.9. The van der Waals surface area contributed by atoms with Crippen molar-refractivity contribution in [3.8, 4) is 11.5 Å². The highest BCUT2D eigenvalue weighted by atomic mass is 16.5. The van der Waals surface area contributed by atoms with Gasteiger partial charge in [-0.2, -0.15) is 0 Å². The molecule has 0 bridgehead atoms. The molecule has 6 nitrogen and oxygen atoms in total. The Kier molecular flexibility index (Phi) is 7.16. The Bertz CT molecular complexity index is 718. The summed E-state index contributed by atoms with van der Waals surface area (Å²) < 4.78 is 10.8. The van der Waals surface area contributed by atoms with E-state index in [0.29, 0.717) is 12.5 Å². The monoisotopic (exact) mass is 415 g/mol. The molecule has 0 aromatic heterocycles. The van der Waals surface area contributed by atoms with E-state index in [4.69, 9.17) is 9.47 Å². The fourth-order valence-electron chi connectivity index (χ4n) is 5.46. The van der Waals surface area contributed by atoms with Crippen LogP contribution in [0.1, 0.15) is 37.7 Å². The van der Waals surface area contributed by atoms with Crippen molar-refractivity contribution in [3.63, 3.8) is 0 Å². The number of carbonyl (C=O) groups excluding carboxylic acids is 1. The van der Waals surface area contributed by atoms with Gasteiger partial charge in [0.2, 0.25) is 5.91 Å². The van der Waals surface area contributed by atoms with Crippen LogP contribution in [0.4, 0.5) is 0 Å². The number of amides is 1. The van der Waals surface area contributed by atoms with Crippen LogP contribution < -0.4 is 9.47 Å². The number of piperazine rings is 1. The van der Waals surface area contributed by atoms with Gasteiger partial charge >= 0.3 is 0 Å². The number of hydrogen-bond acceptors (Lipinski definition) is 5. The predicted octanol–water partition coefficient (Wildman–Crippen LogP) is 2.86. The topological polar surface area (TPSA) is 45.2 Å². The Balaban J connectivity index is 1.22. The van der Waals surface area contributed by atoms with Crippen LogP contribution in [-0.4, -0.2) is 80.6 Å². The van der Waals surface area contributed by atoms with E-state index < -0.39 is 0 Å². The zero-order chi connectivity index (χ0) is 20.9. The number of benzene rings is 1. The van der Waals surface area contributed by atoms with Crippen molar-refractivity contribution in [2.45, 2.75) is 38.6 Å². The molecule has 1 aromatic rings. The molecule has 6 heteroatoms. The van der Waals surface area contributed by atoms with Gasteiger partial charge in [0, 0.05) is 45.8 Å². The summed E-state index contributed by atoms with van der Waals surface area (Å²) in [7, 11) is 3.34. The molecule has 2 atom stereocenters. The lowest BCUT2D eigenvalue weighted by Gasteiger charge is -2.42. The minimum Gasteiger partial charge on any atom is -0.493 e. The van der Waals surface area contributed by atoms with Gasteiger partial charge in [-0.15, -0.1) is 0 Å². The molecule has 2 saturated heterocycles. The van der Waals surface area contributed by atoms with E-state index in [1.54, 1.807) is 14.2 Å². The van der Waals surface area contributed by atoms with Crippen molar-refractivity contribution in [1.82, 2.24) is 14.7 Å². The summed E-state index contributed by atoms with van der Waals surface area (Å²) in [5.74, 6) is 3.52. The lowest BCUT2D eigenvalue weighted by Crippen LogP contribution is -2.52. The first-order chi connectivity index (χ1) is 14.7. The first-order valence-electron chi connectivity index (χ1n) is 11.6. The lowest BCUT2D eigenvalue weighted by atomic mass is 9.75. The molecule has 0 unspecified atom stereocenters. The molecule has 1 aromatic carbocycles. The van der Waals surface area contributed by atoms with Gasteiger partial charge in [0.25, 0.3) is 0 Å². The molecule has 166 valence electrons. The van der Waals surface area contributed by atoms with Crippen LogP contribution in [0.2, 0.25) is 0 Å². The molecule has 30 heavy (non-hydrogen) atoms. The van der Waals surface area contributed by atoms with Crippen molar-refractivity contribution < 1.29 is 14.3 Å². The van der Waals surface area contributed by atoms with E-state index in [0.717, 1.165) is 69.1 Å². The summed E-state index contributed by atoms with van der Waals surface area (Å²) in [6.45, 7) is 7.36. The molecule has 2 heterocycles. The van der Waals surface area contributed by atoms with Crippen molar-refractivity contribution >= 4 is 5.91 Å². The summed E-state index contributed by atoms with van der Waals surface area (Å²) in [5, 5.41) is 0. The average molecular weight is 416 g/mol. The van der Waals surface area contributed by atoms with E-state index in [2.05, 4.69) is 26.8 Å². The fraction of sp³-hybridized carbons (Fsp3) is 0.708. The number of carbonyl (C=O) groups is 1. The fourth-order valence-corrected chi connectivity index (χ4v) is 5.46. The second-order valence-electron chi connectivity index (χ2n) is 9.17. The first-order valence-corrected chi connectivity index (χ1v) is 11.6. The van der Waals surface area contributed by atoms with Crippen LogP contribution in [0.25, 0.3) is 0 Å². The van der Waals surface area contributed by atoms with E-state index in [9.17, 15) is 4.79 Å². The molecule has 1 amide bonds. The predicted molar refractivity (Wildman–Crippen MR) is 118 cm³/mol. The van der Waals surface area contributed by atoms with Crippen LogP contribution in [0.5, 0.6) is 11.5 Å². The lowest BCUT2D eigenvalue weighted by molar-refractivity contribution is -0.136. The van der Waals surface area contributed by atoms with Crippen LogP contribution in [-0.2, 0) is 11.3 Å². The molecule has 0 N–H and O–H groups in total. The largest absolute Gasteiger partial charge is 0.493 e. The molecule has 4 rings (SSSR count). The molecule has 2 aliphatic heterocycles. The van der Waals surface area contributed by atoms with Gasteiger partial charge in [-0.3, -0.25) is 14.6 Å². The Hall–Kier alpha value is -1.79. The van der Waals surface area contributed by atoms with E-state index >= 15 is 0 Å². The Morgan fingerprint density at radius 3 is 2.33 bits per heavy atom. The number of rotatable bonds is 6. The number of likely N-dealkylation sites (tertiary alicyclic amines) is 1. The normalized spacial score (nSPS) is 25.6. The third kappa shape index (κ3) is 5.09. The highest BCUT2D eigenvalue weighted by Crippen LogP contribution is 2.36. The smallest absolute Gasteiger partial charge is 0.236 e. The second kappa shape index (κ2) is 10.0. The highest BCUT2D eigenvalue weighted by molar-refractivity contribution is 5.78. The van der Waals surface area contributed by atoms with Gasteiger partial charge in [-0.1, -0.05) is 25.3 Å². The number of ether oxygens (including phenoxy) is 2. The maximum Gasteiger partial charge on any atom is 0.236 e. The summed E-state index contributed by atoms with van der Waals surface area (Å²) in [6, 6.07) is 6.13. The summed E-state index contributed by atoms with van der Waals surface area (Å²) in [6.07, 6.45) is 6.67. The molecular formula is C24H37N3O3. The first kappa shape index (κ1) is 21.4. The molecule has 3 aliphatic rings. The molecule has 1 aliphatic carbocycles. The van der Waals surface area contributed by atoms with Crippen molar-refractivity contribution in [2.24, 2.45) is 11.8 Å². The number of fused-ring (bicyclic) bond motifs is 1. The van der Waals surface area contributed by atoms with Crippen molar-refractivity contribution in [3.05, 3.63) is 23.8 Å². The molecule has 0 radical (unpaired) electrons.